The van der Waals surface area contributed by atoms with Crippen molar-refractivity contribution < 1.29 is 5.11 Å². The van der Waals surface area contributed by atoms with Crippen LogP contribution < -0.4 is 10.2 Å². The number of aliphatic hydroxyl groups is 1. The number of nitrogens with one attached hydrogen (secondary N) is 1. The van der Waals surface area contributed by atoms with Gasteiger partial charge in [-0.1, -0.05) is 0 Å². The zero-order valence-electron chi connectivity index (χ0n) is 9.85. The number of hydrogen-bond acceptors (Lipinski definition) is 4. The molecule has 4 nitrogen and oxygen atoms in total. The van der Waals surface area contributed by atoms with Crippen molar-refractivity contribution in [2.45, 2.75) is 25.5 Å². The van der Waals surface area contributed by atoms with Gasteiger partial charge in [0.1, 0.15) is 5.82 Å². The highest BCUT2D eigenvalue weighted by atomic mass is 16.3. The molecule has 1 aliphatic rings. The standard InChI is InChI=1S/C12H19N3O/c1-9(13-2)10-3-5-14-12(7-10)15-6-4-11(16)8-15/h3,5,7,9,11,13,16H,4,6,8H2,1-2H3. The van der Waals surface area contributed by atoms with Gasteiger partial charge in [-0.15, -0.1) is 0 Å². The second-order valence-electron chi connectivity index (χ2n) is 4.35. The Kier molecular flexibility index (Phi) is 3.41. The normalized spacial score (nSPS) is 22.4. The number of nitrogens with zero attached hydrogens (tertiary/aromatic N) is 2. The van der Waals surface area contributed by atoms with Gasteiger partial charge in [-0.25, -0.2) is 4.98 Å². The van der Waals surface area contributed by atoms with Gasteiger partial charge in [0.05, 0.1) is 6.10 Å². The van der Waals surface area contributed by atoms with Gasteiger partial charge in [0, 0.05) is 25.3 Å². The van der Waals surface area contributed by atoms with Crippen LogP contribution >= 0.6 is 0 Å². The Morgan fingerprint density at radius 1 is 1.62 bits per heavy atom. The topological polar surface area (TPSA) is 48.4 Å². The lowest BCUT2D eigenvalue weighted by Crippen LogP contribution is -2.22. The van der Waals surface area contributed by atoms with E-state index in [0.29, 0.717) is 12.6 Å². The van der Waals surface area contributed by atoms with Crippen molar-refractivity contribution in [1.29, 1.82) is 0 Å². The molecular formula is C12H19N3O. The molecule has 0 bridgehead atoms. The lowest BCUT2D eigenvalue weighted by Gasteiger charge is -2.18. The molecule has 2 rings (SSSR count). The fourth-order valence-electron chi connectivity index (χ4n) is 1.99. The van der Waals surface area contributed by atoms with Crippen LogP contribution in [0.1, 0.15) is 24.9 Å². The van der Waals surface area contributed by atoms with E-state index >= 15 is 0 Å². The number of anilines is 1. The summed E-state index contributed by atoms with van der Waals surface area (Å²) in [6.07, 6.45) is 2.48. The molecule has 0 spiro atoms. The second-order valence-corrected chi connectivity index (χ2v) is 4.35. The number of hydrogen-bond donors (Lipinski definition) is 2. The van der Waals surface area contributed by atoms with Gasteiger partial charge in [0.2, 0.25) is 0 Å². The third-order valence-electron chi connectivity index (χ3n) is 3.19. The summed E-state index contributed by atoms with van der Waals surface area (Å²) in [5.74, 6) is 0.969. The summed E-state index contributed by atoms with van der Waals surface area (Å²) < 4.78 is 0. The SMILES string of the molecule is CNC(C)c1ccnc(N2CCC(O)C2)c1. The summed E-state index contributed by atoms with van der Waals surface area (Å²) in [5, 5.41) is 12.7. The molecule has 0 aliphatic carbocycles. The average molecular weight is 221 g/mol. The fraction of sp³-hybridized carbons (Fsp3) is 0.583. The Morgan fingerprint density at radius 3 is 3.06 bits per heavy atom. The van der Waals surface area contributed by atoms with Crippen LogP contribution in [0.4, 0.5) is 5.82 Å². The molecule has 0 radical (unpaired) electrons. The third-order valence-corrected chi connectivity index (χ3v) is 3.19. The van der Waals surface area contributed by atoms with Crippen LogP contribution in [-0.4, -0.2) is 36.3 Å². The van der Waals surface area contributed by atoms with Gasteiger partial charge in [-0.05, 0) is 38.1 Å². The molecule has 2 N–H and O–H groups in total. The van der Waals surface area contributed by atoms with E-state index < -0.39 is 0 Å². The highest BCUT2D eigenvalue weighted by Crippen LogP contribution is 2.21. The monoisotopic (exact) mass is 221 g/mol. The summed E-state index contributed by atoms with van der Waals surface area (Å²) in [5.41, 5.74) is 1.23. The fourth-order valence-corrected chi connectivity index (χ4v) is 1.99. The van der Waals surface area contributed by atoms with E-state index in [0.717, 1.165) is 18.8 Å². The molecule has 0 aromatic carbocycles. The molecule has 1 fully saturated rings. The predicted octanol–water partition coefficient (Wildman–Crippen LogP) is 0.933. The highest BCUT2D eigenvalue weighted by molar-refractivity contribution is 5.43. The highest BCUT2D eigenvalue weighted by Gasteiger charge is 2.21. The van der Waals surface area contributed by atoms with Gasteiger partial charge in [-0.2, -0.15) is 0 Å². The van der Waals surface area contributed by atoms with E-state index in [2.05, 4.69) is 28.2 Å². The zero-order chi connectivity index (χ0) is 11.5. The van der Waals surface area contributed by atoms with Crippen LogP contribution in [0.2, 0.25) is 0 Å². The van der Waals surface area contributed by atoms with Crippen molar-refractivity contribution in [2.24, 2.45) is 0 Å². The zero-order valence-corrected chi connectivity index (χ0v) is 9.85. The van der Waals surface area contributed by atoms with E-state index in [9.17, 15) is 5.11 Å². The molecule has 0 amide bonds. The maximum atomic E-state index is 9.50. The minimum absolute atomic E-state index is 0.202. The van der Waals surface area contributed by atoms with E-state index in [1.54, 1.807) is 0 Å². The Bertz CT molecular complexity index is 356. The van der Waals surface area contributed by atoms with Gasteiger partial charge < -0.3 is 15.3 Å². The van der Waals surface area contributed by atoms with Crippen LogP contribution in [0.15, 0.2) is 18.3 Å². The van der Waals surface area contributed by atoms with E-state index in [1.165, 1.54) is 5.56 Å². The largest absolute Gasteiger partial charge is 0.391 e. The van der Waals surface area contributed by atoms with E-state index in [1.807, 2.05) is 19.3 Å². The van der Waals surface area contributed by atoms with E-state index in [-0.39, 0.29) is 6.10 Å². The summed E-state index contributed by atoms with van der Waals surface area (Å²) in [6, 6.07) is 4.45. The van der Waals surface area contributed by atoms with Crippen LogP contribution in [0.3, 0.4) is 0 Å². The van der Waals surface area contributed by atoms with Gasteiger partial charge >= 0.3 is 0 Å². The molecule has 1 aromatic heterocycles. The maximum absolute atomic E-state index is 9.50. The first kappa shape index (κ1) is 11.4. The molecule has 1 aromatic rings. The van der Waals surface area contributed by atoms with Crippen molar-refractivity contribution in [3.63, 3.8) is 0 Å². The average Bonchev–Trinajstić information content (AvgIpc) is 2.75. The molecule has 0 saturated carbocycles. The lowest BCUT2D eigenvalue weighted by molar-refractivity contribution is 0.198. The van der Waals surface area contributed by atoms with Crippen molar-refractivity contribution >= 4 is 5.82 Å². The van der Waals surface area contributed by atoms with Gasteiger partial charge in [0.25, 0.3) is 0 Å². The number of pyridine rings is 1. The molecule has 16 heavy (non-hydrogen) atoms. The molecule has 2 atom stereocenters. The number of aromatic nitrogens is 1. The summed E-state index contributed by atoms with van der Waals surface area (Å²) in [6.45, 7) is 3.72. The smallest absolute Gasteiger partial charge is 0.128 e. The first-order chi connectivity index (χ1) is 7.70. The van der Waals surface area contributed by atoms with Crippen molar-refractivity contribution in [3.8, 4) is 0 Å². The molecule has 2 heterocycles. The van der Waals surface area contributed by atoms with Crippen molar-refractivity contribution in [3.05, 3.63) is 23.9 Å². The number of aliphatic hydroxyl groups excluding tert-OH is 1. The second kappa shape index (κ2) is 4.80. The first-order valence-electron chi connectivity index (χ1n) is 5.77. The quantitative estimate of drug-likeness (QED) is 0.797. The van der Waals surface area contributed by atoms with Crippen molar-refractivity contribution in [1.82, 2.24) is 10.3 Å². The third kappa shape index (κ3) is 2.33. The Hall–Kier alpha value is -1.13. The molecule has 2 unspecified atom stereocenters. The maximum Gasteiger partial charge on any atom is 0.128 e. The van der Waals surface area contributed by atoms with Crippen LogP contribution in [-0.2, 0) is 0 Å². The molecule has 1 saturated heterocycles. The minimum atomic E-state index is -0.202. The first-order valence-corrected chi connectivity index (χ1v) is 5.77. The molecule has 88 valence electrons. The predicted molar refractivity (Wildman–Crippen MR) is 64.5 cm³/mol. The summed E-state index contributed by atoms with van der Waals surface area (Å²) >= 11 is 0. The number of β-amino-alcohol motifs (C(OH)–C–C–N with tert-alkyl or cyclic N) is 1. The van der Waals surface area contributed by atoms with E-state index in [4.69, 9.17) is 0 Å². The molecule has 4 heteroatoms. The van der Waals surface area contributed by atoms with Crippen LogP contribution in [0.5, 0.6) is 0 Å². The number of rotatable bonds is 3. The Labute approximate surface area is 96.3 Å². The van der Waals surface area contributed by atoms with Gasteiger partial charge in [-0.3, -0.25) is 0 Å². The van der Waals surface area contributed by atoms with Crippen LogP contribution in [0, 0.1) is 0 Å². The molecule has 1 aliphatic heterocycles. The van der Waals surface area contributed by atoms with Crippen LogP contribution in [0.25, 0.3) is 0 Å². The summed E-state index contributed by atoms with van der Waals surface area (Å²) in [4.78, 5) is 6.50. The van der Waals surface area contributed by atoms with Gasteiger partial charge in [0.15, 0.2) is 0 Å². The minimum Gasteiger partial charge on any atom is -0.391 e. The molecular weight excluding hydrogens is 202 g/mol. The Morgan fingerprint density at radius 2 is 2.44 bits per heavy atom. The Balaban J connectivity index is 2.16. The van der Waals surface area contributed by atoms with Crippen molar-refractivity contribution in [2.75, 3.05) is 25.0 Å². The summed E-state index contributed by atoms with van der Waals surface area (Å²) in [7, 11) is 1.95. The lowest BCUT2D eigenvalue weighted by atomic mass is 10.1.